The van der Waals surface area contributed by atoms with Crippen molar-refractivity contribution in [2.45, 2.75) is 26.2 Å². The van der Waals surface area contributed by atoms with Crippen molar-refractivity contribution >= 4 is 41.5 Å². The summed E-state index contributed by atoms with van der Waals surface area (Å²) in [6.45, 7) is 3.79. The van der Waals surface area contributed by atoms with Crippen LogP contribution in [-0.4, -0.2) is 43.5 Å². The number of anilines is 1. The Morgan fingerprint density at radius 2 is 2.00 bits per heavy atom. The second kappa shape index (κ2) is 9.73. The molecule has 1 aliphatic rings. The van der Waals surface area contributed by atoms with Crippen LogP contribution >= 0.6 is 24.0 Å². The number of likely N-dealkylation sites (tertiary alicyclic amines) is 1. The van der Waals surface area contributed by atoms with E-state index >= 15 is 0 Å². The van der Waals surface area contributed by atoms with Gasteiger partial charge in [-0.15, -0.1) is 12.4 Å². The van der Waals surface area contributed by atoms with Gasteiger partial charge < -0.3 is 20.7 Å². The maximum absolute atomic E-state index is 12.7. The molecule has 0 radical (unpaired) electrons. The lowest BCUT2D eigenvalue weighted by atomic mass is 9.95. The summed E-state index contributed by atoms with van der Waals surface area (Å²) >= 11 is 6.03. The molecule has 1 aromatic rings. The second-order valence-corrected chi connectivity index (χ2v) is 6.34. The molecule has 3 N–H and O–H groups in total. The van der Waals surface area contributed by atoms with Crippen molar-refractivity contribution in [1.29, 1.82) is 0 Å². The van der Waals surface area contributed by atoms with Gasteiger partial charge in [-0.1, -0.05) is 18.5 Å². The van der Waals surface area contributed by atoms with E-state index in [2.05, 4.69) is 5.32 Å². The Bertz CT molecular complexity index is 617. The largest absolute Gasteiger partial charge is 0.496 e. The smallest absolute Gasteiger partial charge is 0.257 e. The topological polar surface area (TPSA) is 84.7 Å². The quantitative estimate of drug-likeness (QED) is 0.758. The van der Waals surface area contributed by atoms with Crippen LogP contribution in [0.3, 0.4) is 0 Å². The molecule has 8 heteroatoms. The third-order valence-electron chi connectivity index (χ3n) is 4.25. The van der Waals surface area contributed by atoms with Crippen molar-refractivity contribution in [3.8, 4) is 5.75 Å². The van der Waals surface area contributed by atoms with Gasteiger partial charge in [0.25, 0.3) is 5.91 Å². The third kappa shape index (κ3) is 5.16. The highest BCUT2D eigenvalue weighted by Gasteiger charge is 2.29. The molecular weight excluding hydrogens is 365 g/mol. The Labute approximate surface area is 159 Å². The molecule has 1 aliphatic heterocycles. The Balaban J connectivity index is 0.00000312. The second-order valence-electron chi connectivity index (χ2n) is 5.93. The zero-order valence-corrected chi connectivity index (χ0v) is 16.1. The maximum Gasteiger partial charge on any atom is 0.257 e. The van der Waals surface area contributed by atoms with Gasteiger partial charge in [-0.25, -0.2) is 0 Å². The molecule has 2 amide bonds. The number of nitrogens with one attached hydrogen (secondary N) is 1. The molecule has 140 valence electrons. The zero-order valence-electron chi connectivity index (χ0n) is 14.5. The number of methoxy groups -OCH3 is 1. The number of hydrogen-bond donors (Lipinski definition) is 2. The number of ether oxygens (including phenoxy) is 1. The lowest BCUT2D eigenvalue weighted by molar-refractivity contribution is -0.126. The van der Waals surface area contributed by atoms with Crippen LogP contribution in [0.4, 0.5) is 5.69 Å². The fraction of sp³-hybridized carbons (Fsp3) is 0.529. The summed E-state index contributed by atoms with van der Waals surface area (Å²) in [5.41, 5.74) is 6.52. The van der Waals surface area contributed by atoms with E-state index < -0.39 is 0 Å². The highest BCUT2D eigenvalue weighted by atomic mass is 35.5. The van der Waals surface area contributed by atoms with E-state index in [9.17, 15) is 9.59 Å². The van der Waals surface area contributed by atoms with Crippen molar-refractivity contribution in [3.05, 3.63) is 22.7 Å². The number of nitrogen functional groups attached to an aromatic ring is 1. The lowest BCUT2D eigenvalue weighted by Gasteiger charge is -2.31. The summed E-state index contributed by atoms with van der Waals surface area (Å²) in [5, 5.41) is 3.24. The minimum absolute atomic E-state index is 0. The van der Waals surface area contributed by atoms with Crippen molar-refractivity contribution in [1.82, 2.24) is 10.2 Å². The van der Waals surface area contributed by atoms with Gasteiger partial charge in [-0.3, -0.25) is 9.59 Å². The Morgan fingerprint density at radius 3 is 2.56 bits per heavy atom. The third-order valence-corrected chi connectivity index (χ3v) is 4.58. The summed E-state index contributed by atoms with van der Waals surface area (Å²) in [4.78, 5) is 26.5. The Morgan fingerprint density at radius 1 is 1.36 bits per heavy atom. The molecular formula is C17H25Cl2N3O3. The van der Waals surface area contributed by atoms with Crippen LogP contribution in [0.25, 0.3) is 0 Å². The van der Waals surface area contributed by atoms with Crippen molar-refractivity contribution in [2.75, 3.05) is 32.5 Å². The number of piperidine rings is 1. The minimum atomic E-state index is -0.152. The van der Waals surface area contributed by atoms with Gasteiger partial charge in [-0.05, 0) is 25.3 Å². The first-order valence-corrected chi connectivity index (χ1v) is 8.55. The molecule has 0 atom stereocenters. The number of benzene rings is 1. The molecule has 1 heterocycles. The monoisotopic (exact) mass is 389 g/mol. The fourth-order valence-corrected chi connectivity index (χ4v) is 2.98. The molecule has 1 aromatic carbocycles. The molecule has 1 saturated heterocycles. The molecule has 0 aliphatic carbocycles. The Hall–Kier alpha value is -1.66. The van der Waals surface area contributed by atoms with E-state index in [1.807, 2.05) is 6.92 Å². The van der Waals surface area contributed by atoms with Gasteiger partial charge in [0, 0.05) is 31.6 Å². The summed E-state index contributed by atoms with van der Waals surface area (Å²) in [6.07, 6.45) is 2.24. The number of carbonyl (C=O) groups is 2. The fourth-order valence-electron chi connectivity index (χ4n) is 2.81. The molecule has 6 nitrogen and oxygen atoms in total. The molecule has 1 fully saturated rings. The van der Waals surface area contributed by atoms with Gasteiger partial charge in [0.1, 0.15) is 5.75 Å². The number of halogens is 2. The lowest BCUT2D eigenvalue weighted by Crippen LogP contribution is -2.43. The zero-order chi connectivity index (χ0) is 17.7. The summed E-state index contributed by atoms with van der Waals surface area (Å²) in [6, 6.07) is 3.10. The van der Waals surface area contributed by atoms with Crippen molar-refractivity contribution < 1.29 is 14.3 Å². The highest BCUT2D eigenvalue weighted by Crippen LogP contribution is 2.30. The molecule has 25 heavy (non-hydrogen) atoms. The van der Waals surface area contributed by atoms with Crippen LogP contribution in [0.5, 0.6) is 5.75 Å². The van der Waals surface area contributed by atoms with Crippen molar-refractivity contribution in [2.24, 2.45) is 5.92 Å². The number of nitrogens with two attached hydrogens (primary N) is 1. The average Bonchev–Trinajstić information content (AvgIpc) is 2.61. The minimum Gasteiger partial charge on any atom is -0.496 e. The van der Waals surface area contributed by atoms with Crippen LogP contribution < -0.4 is 15.8 Å². The van der Waals surface area contributed by atoms with Crippen molar-refractivity contribution in [3.63, 3.8) is 0 Å². The van der Waals surface area contributed by atoms with Gasteiger partial charge in [0.2, 0.25) is 5.91 Å². The number of nitrogens with zero attached hydrogens (tertiary/aromatic N) is 1. The number of hydrogen-bond acceptors (Lipinski definition) is 4. The van der Waals surface area contributed by atoms with Gasteiger partial charge >= 0.3 is 0 Å². The van der Waals surface area contributed by atoms with E-state index in [1.165, 1.54) is 13.2 Å². The van der Waals surface area contributed by atoms with Crippen LogP contribution in [0.1, 0.15) is 36.5 Å². The predicted octanol–water partition coefficient (Wildman–Crippen LogP) is 2.73. The average molecular weight is 390 g/mol. The van der Waals surface area contributed by atoms with Crippen LogP contribution in [0.15, 0.2) is 12.1 Å². The first kappa shape index (κ1) is 21.4. The van der Waals surface area contributed by atoms with E-state index in [0.29, 0.717) is 54.5 Å². The summed E-state index contributed by atoms with van der Waals surface area (Å²) < 4.78 is 5.25. The van der Waals surface area contributed by atoms with Gasteiger partial charge in [0.15, 0.2) is 0 Å². The molecule has 0 aromatic heterocycles. The van der Waals surface area contributed by atoms with Crippen LogP contribution in [-0.2, 0) is 4.79 Å². The normalized spacial score (nSPS) is 14.6. The summed E-state index contributed by atoms with van der Waals surface area (Å²) in [5.74, 6) is 0.306. The van der Waals surface area contributed by atoms with Gasteiger partial charge in [-0.2, -0.15) is 0 Å². The first-order valence-electron chi connectivity index (χ1n) is 8.17. The summed E-state index contributed by atoms with van der Waals surface area (Å²) in [7, 11) is 1.49. The molecule has 0 spiro atoms. The Kier molecular flexibility index (Phi) is 8.32. The number of rotatable bonds is 5. The van der Waals surface area contributed by atoms with Gasteiger partial charge in [0.05, 0.1) is 23.4 Å². The molecule has 0 unspecified atom stereocenters. The number of carbonyl (C=O) groups excluding carboxylic acids is 2. The standard InChI is InChI=1S/C17H24ClN3O3.ClH/c1-3-6-20-16(22)11-4-7-21(8-5-11)17(23)12-9-13(18)14(19)10-15(12)24-2;/h9-11H,3-8,19H2,1-2H3,(H,20,22);1H. The molecule has 0 saturated carbocycles. The van der Waals surface area contributed by atoms with E-state index in [-0.39, 0.29) is 30.1 Å². The maximum atomic E-state index is 12.7. The highest BCUT2D eigenvalue weighted by molar-refractivity contribution is 6.33. The predicted molar refractivity (Wildman–Crippen MR) is 102 cm³/mol. The van der Waals surface area contributed by atoms with E-state index in [4.69, 9.17) is 22.1 Å². The van der Waals surface area contributed by atoms with E-state index in [0.717, 1.165) is 6.42 Å². The molecule has 0 bridgehead atoms. The first-order chi connectivity index (χ1) is 11.5. The van der Waals surface area contributed by atoms with E-state index in [1.54, 1.807) is 11.0 Å². The van der Waals surface area contributed by atoms with Crippen LogP contribution in [0, 0.1) is 5.92 Å². The number of amides is 2. The van der Waals surface area contributed by atoms with Crippen LogP contribution in [0.2, 0.25) is 5.02 Å². The SMILES string of the molecule is CCCNC(=O)C1CCN(C(=O)c2cc(Cl)c(N)cc2OC)CC1.Cl. The molecule has 2 rings (SSSR count).